The molecule has 0 spiro atoms. The van der Waals surface area contributed by atoms with Crippen molar-refractivity contribution in [1.82, 2.24) is 0 Å². The summed E-state index contributed by atoms with van der Waals surface area (Å²) in [6.07, 6.45) is 3.25. The number of rotatable bonds is 6. The van der Waals surface area contributed by atoms with E-state index in [0.29, 0.717) is 6.04 Å². The Morgan fingerprint density at radius 1 is 1.41 bits per heavy atom. The Balaban J connectivity index is 2.93. The summed E-state index contributed by atoms with van der Waals surface area (Å²) >= 11 is 1.87. The largest absolute Gasteiger partial charge is 0.497 e. The predicted molar refractivity (Wildman–Crippen MR) is 78.3 cm³/mol. The van der Waals surface area contributed by atoms with E-state index in [9.17, 15) is 0 Å². The van der Waals surface area contributed by atoms with Crippen molar-refractivity contribution in [2.24, 2.45) is 0 Å². The fraction of sp³-hybridized carbons (Fsp3) is 0.538. The van der Waals surface area contributed by atoms with Crippen molar-refractivity contribution in [3.8, 4) is 5.75 Å². The van der Waals surface area contributed by atoms with E-state index in [1.807, 2.05) is 30.0 Å². The number of nitrogens with two attached hydrogens (primary N) is 1. The van der Waals surface area contributed by atoms with Gasteiger partial charge in [-0.1, -0.05) is 6.92 Å². The number of nitrogen functional groups attached to an aromatic ring is 1. The molecule has 3 nitrogen and oxygen atoms in total. The van der Waals surface area contributed by atoms with E-state index in [1.165, 1.54) is 0 Å². The SMILES string of the molecule is CCC(CSC)N(C)c1cc(N)cc(OC)c1. The van der Waals surface area contributed by atoms with E-state index >= 15 is 0 Å². The number of ether oxygens (including phenoxy) is 1. The summed E-state index contributed by atoms with van der Waals surface area (Å²) in [5, 5.41) is 0. The predicted octanol–water partition coefficient (Wildman–Crippen LogP) is 2.86. The Morgan fingerprint density at radius 2 is 2.12 bits per heavy atom. The van der Waals surface area contributed by atoms with Crippen molar-refractivity contribution >= 4 is 23.1 Å². The topological polar surface area (TPSA) is 38.5 Å². The lowest BCUT2D eigenvalue weighted by Crippen LogP contribution is -2.33. The molecule has 0 aromatic heterocycles. The average Bonchev–Trinajstić information content (AvgIpc) is 2.34. The first kappa shape index (κ1) is 14.0. The fourth-order valence-corrected chi connectivity index (χ4v) is 2.68. The van der Waals surface area contributed by atoms with Gasteiger partial charge in [0, 0.05) is 42.3 Å². The summed E-state index contributed by atoms with van der Waals surface area (Å²) < 4.78 is 5.25. The molecule has 1 unspecified atom stereocenters. The number of benzene rings is 1. The van der Waals surface area contributed by atoms with Gasteiger partial charge >= 0.3 is 0 Å². The molecule has 96 valence electrons. The van der Waals surface area contributed by atoms with Crippen LogP contribution in [0.4, 0.5) is 11.4 Å². The number of hydrogen-bond donors (Lipinski definition) is 1. The molecular formula is C13H22N2OS. The second-order valence-corrected chi connectivity index (χ2v) is 5.00. The minimum absolute atomic E-state index is 0.525. The zero-order chi connectivity index (χ0) is 12.8. The van der Waals surface area contributed by atoms with E-state index in [0.717, 1.165) is 29.3 Å². The van der Waals surface area contributed by atoms with Crippen LogP contribution in [-0.2, 0) is 0 Å². The van der Waals surface area contributed by atoms with Crippen molar-refractivity contribution in [2.75, 3.05) is 36.8 Å². The lowest BCUT2D eigenvalue weighted by Gasteiger charge is -2.29. The first-order valence-electron chi connectivity index (χ1n) is 5.78. The smallest absolute Gasteiger partial charge is 0.122 e. The first-order chi connectivity index (χ1) is 8.12. The van der Waals surface area contributed by atoms with Gasteiger partial charge in [-0.15, -0.1) is 0 Å². The van der Waals surface area contributed by atoms with E-state index in [2.05, 4.69) is 25.1 Å². The summed E-state index contributed by atoms with van der Waals surface area (Å²) in [5.74, 6) is 1.93. The van der Waals surface area contributed by atoms with Gasteiger partial charge in [0.2, 0.25) is 0 Å². The monoisotopic (exact) mass is 254 g/mol. The van der Waals surface area contributed by atoms with Crippen LogP contribution in [0.2, 0.25) is 0 Å². The summed E-state index contributed by atoms with van der Waals surface area (Å²) in [5.41, 5.74) is 7.73. The molecule has 2 N–H and O–H groups in total. The highest BCUT2D eigenvalue weighted by atomic mass is 32.2. The van der Waals surface area contributed by atoms with Gasteiger partial charge in [0.15, 0.2) is 0 Å². The highest BCUT2D eigenvalue weighted by molar-refractivity contribution is 7.98. The van der Waals surface area contributed by atoms with E-state index in [-0.39, 0.29) is 0 Å². The van der Waals surface area contributed by atoms with Crippen LogP contribution in [-0.4, -0.2) is 32.2 Å². The average molecular weight is 254 g/mol. The number of methoxy groups -OCH3 is 1. The van der Waals surface area contributed by atoms with Crippen molar-refractivity contribution in [3.05, 3.63) is 18.2 Å². The van der Waals surface area contributed by atoms with Crippen LogP contribution in [0.3, 0.4) is 0 Å². The first-order valence-corrected chi connectivity index (χ1v) is 7.18. The molecule has 0 radical (unpaired) electrons. The van der Waals surface area contributed by atoms with Crippen LogP contribution >= 0.6 is 11.8 Å². The molecule has 4 heteroatoms. The number of nitrogens with zero attached hydrogens (tertiary/aromatic N) is 1. The van der Waals surface area contributed by atoms with Crippen LogP contribution in [0.15, 0.2) is 18.2 Å². The van der Waals surface area contributed by atoms with Crippen molar-refractivity contribution in [3.63, 3.8) is 0 Å². The third-order valence-electron chi connectivity index (χ3n) is 2.93. The summed E-state index contributed by atoms with van der Waals surface area (Å²) in [6, 6.07) is 6.38. The van der Waals surface area contributed by atoms with E-state index < -0.39 is 0 Å². The zero-order valence-electron chi connectivity index (χ0n) is 11.1. The molecule has 1 aromatic rings. The van der Waals surface area contributed by atoms with Crippen LogP contribution in [0, 0.1) is 0 Å². The van der Waals surface area contributed by atoms with Crippen LogP contribution < -0.4 is 15.4 Å². The Kier molecular flexibility index (Phi) is 5.48. The Labute approximate surface area is 108 Å². The van der Waals surface area contributed by atoms with Gasteiger partial charge in [-0.05, 0) is 18.7 Å². The molecule has 0 aliphatic heterocycles. The molecule has 0 aliphatic carbocycles. The van der Waals surface area contributed by atoms with Crippen molar-refractivity contribution in [1.29, 1.82) is 0 Å². The molecule has 0 saturated heterocycles. The van der Waals surface area contributed by atoms with Gasteiger partial charge in [0.1, 0.15) is 5.75 Å². The highest BCUT2D eigenvalue weighted by Gasteiger charge is 2.13. The lowest BCUT2D eigenvalue weighted by atomic mass is 10.2. The molecule has 0 fully saturated rings. The standard InChI is InChI=1S/C13H22N2OS/c1-5-11(9-17-4)15(2)12-6-10(14)7-13(8-12)16-3/h6-8,11H,5,9,14H2,1-4H3. The van der Waals surface area contributed by atoms with Gasteiger partial charge in [-0.25, -0.2) is 0 Å². The van der Waals surface area contributed by atoms with Crippen molar-refractivity contribution < 1.29 is 4.74 Å². The molecule has 1 rings (SSSR count). The number of hydrogen-bond acceptors (Lipinski definition) is 4. The summed E-state index contributed by atoms with van der Waals surface area (Å²) in [6.45, 7) is 2.21. The van der Waals surface area contributed by atoms with Gasteiger partial charge in [0.25, 0.3) is 0 Å². The molecule has 1 atom stereocenters. The minimum atomic E-state index is 0.525. The Hall–Kier alpha value is -1.03. The molecule has 17 heavy (non-hydrogen) atoms. The Morgan fingerprint density at radius 3 is 2.65 bits per heavy atom. The third kappa shape index (κ3) is 3.73. The summed E-state index contributed by atoms with van der Waals surface area (Å²) in [7, 11) is 3.77. The molecule has 0 amide bonds. The normalized spacial score (nSPS) is 12.2. The molecule has 0 heterocycles. The van der Waals surface area contributed by atoms with Gasteiger partial charge in [-0.2, -0.15) is 11.8 Å². The summed E-state index contributed by atoms with van der Waals surface area (Å²) in [4.78, 5) is 2.27. The molecule has 0 bridgehead atoms. The minimum Gasteiger partial charge on any atom is -0.497 e. The van der Waals surface area contributed by atoms with Gasteiger partial charge in [0.05, 0.1) is 7.11 Å². The van der Waals surface area contributed by atoms with E-state index in [1.54, 1.807) is 7.11 Å². The molecular weight excluding hydrogens is 232 g/mol. The fourth-order valence-electron chi connectivity index (χ4n) is 1.83. The van der Waals surface area contributed by atoms with Gasteiger partial charge in [-0.3, -0.25) is 0 Å². The molecule has 1 aromatic carbocycles. The highest BCUT2D eigenvalue weighted by Crippen LogP contribution is 2.27. The van der Waals surface area contributed by atoms with Gasteiger partial charge < -0.3 is 15.4 Å². The molecule has 0 saturated carbocycles. The maximum Gasteiger partial charge on any atom is 0.122 e. The third-order valence-corrected chi connectivity index (χ3v) is 3.65. The lowest BCUT2D eigenvalue weighted by molar-refractivity contribution is 0.415. The van der Waals surface area contributed by atoms with E-state index in [4.69, 9.17) is 10.5 Å². The van der Waals surface area contributed by atoms with Crippen LogP contribution in [0.1, 0.15) is 13.3 Å². The van der Waals surface area contributed by atoms with Crippen molar-refractivity contribution in [2.45, 2.75) is 19.4 Å². The molecule has 0 aliphatic rings. The Bertz CT molecular complexity index is 357. The second-order valence-electron chi connectivity index (χ2n) is 4.09. The maximum atomic E-state index is 5.88. The maximum absolute atomic E-state index is 5.88. The van der Waals surface area contributed by atoms with Crippen LogP contribution in [0.25, 0.3) is 0 Å². The zero-order valence-corrected chi connectivity index (χ0v) is 11.9. The second kappa shape index (κ2) is 6.64. The quantitative estimate of drug-likeness (QED) is 0.792. The van der Waals surface area contributed by atoms with Crippen LogP contribution in [0.5, 0.6) is 5.75 Å². The number of thioether (sulfide) groups is 1. The number of anilines is 2.